The maximum atomic E-state index is 11.8. The van der Waals surface area contributed by atoms with Crippen molar-refractivity contribution in [2.75, 3.05) is 0 Å². The third-order valence-corrected chi connectivity index (χ3v) is 3.29. The van der Waals surface area contributed by atoms with Gasteiger partial charge in [-0.1, -0.05) is 12.1 Å². The van der Waals surface area contributed by atoms with E-state index in [9.17, 15) is 4.79 Å². The van der Waals surface area contributed by atoms with Gasteiger partial charge in [-0.2, -0.15) is 0 Å². The second-order valence-electron chi connectivity index (χ2n) is 4.68. The Labute approximate surface area is 118 Å². The molecular weight excluding hydrogens is 268 g/mol. The number of pyridine rings is 1. The van der Waals surface area contributed by atoms with Crippen LogP contribution in [0.4, 0.5) is 0 Å². The molecule has 1 aromatic carbocycles. The van der Waals surface area contributed by atoms with Crippen LogP contribution in [-0.2, 0) is 0 Å². The first kappa shape index (κ1) is 11.8. The van der Waals surface area contributed by atoms with E-state index in [1.807, 2.05) is 24.3 Å². The fourth-order valence-corrected chi connectivity index (χ4v) is 2.37. The molecular formula is C15H10N4O2. The summed E-state index contributed by atoms with van der Waals surface area (Å²) in [6.45, 7) is 1.80. The summed E-state index contributed by atoms with van der Waals surface area (Å²) in [5.41, 5.74) is 3.55. The molecule has 1 N–H and O–H groups in total. The first-order valence-corrected chi connectivity index (χ1v) is 6.43. The maximum absolute atomic E-state index is 11.8. The lowest BCUT2D eigenvalue weighted by Gasteiger charge is -2.02. The monoisotopic (exact) mass is 278 g/mol. The number of aromatic nitrogens is 4. The summed E-state index contributed by atoms with van der Waals surface area (Å²) in [5, 5.41) is 0. The first-order chi connectivity index (χ1) is 10.2. The van der Waals surface area contributed by atoms with Gasteiger partial charge in [-0.05, 0) is 18.2 Å². The number of fused-ring (bicyclic) bond motifs is 2. The highest BCUT2D eigenvalue weighted by molar-refractivity contribution is 5.91. The number of nitrogens with zero attached hydrogens (tertiary/aromatic N) is 3. The molecule has 0 aliphatic heterocycles. The molecule has 3 aromatic heterocycles. The summed E-state index contributed by atoms with van der Waals surface area (Å²) >= 11 is 0. The van der Waals surface area contributed by atoms with E-state index in [4.69, 9.17) is 4.42 Å². The molecule has 0 amide bonds. The molecule has 0 atom stereocenters. The molecule has 21 heavy (non-hydrogen) atoms. The molecule has 0 spiro atoms. The molecule has 0 radical (unpaired) electrons. The highest BCUT2D eigenvalue weighted by Gasteiger charge is 2.11. The van der Waals surface area contributed by atoms with Gasteiger partial charge in [-0.3, -0.25) is 4.79 Å². The van der Waals surface area contributed by atoms with E-state index in [-0.39, 0.29) is 5.56 Å². The van der Waals surface area contributed by atoms with Gasteiger partial charge < -0.3 is 9.40 Å². The van der Waals surface area contributed by atoms with Crippen LogP contribution in [0.15, 0.2) is 45.9 Å². The number of hydrogen-bond donors (Lipinski definition) is 1. The van der Waals surface area contributed by atoms with Gasteiger partial charge in [-0.15, -0.1) is 0 Å². The molecule has 0 bridgehead atoms. The fourth-order valence-electron chi connectivity index (χ4n) is 2.37. The van der Waals surface area contributed by atoms with Gasteiger partial charge in [0.15, 0.2) is 17.0 Å². The van der Waals surface area contributed by atoms with Crippen LogP contribution in [0, 0.1) is 6.92 Å². The minimum Gasteiger partial charge on any atom is -0.441 e. The van der Waals surface area contributed by atoms with Crippen molar-refractivity contribution < 1.29 is 4.42 Å². The highest BCUT2D eigenvalue weighted by Crippen LogP contribution is 2.27. The van der Waals surface area contributed by atoms with E-state index in [1.54, 1.807) is 13.0 Å². The molecule has 6 heteroatoms. The molecule has 102 valence electrons. The van der Waals surface area contributed by atoms with Crippen molar-refractivity contribution in [2.24, 2.45) is 0 Å². The number of rotatable bonds is 1. The lowest BCUT2D eigenvalue weighted by atomic mass is 10.1. The molecule has 0 saturated carbocycles. The molecule has 0 saturated heterocycles. The molecule has 0 fully saturated rings. The Bertz CT molecular complexity index is 1030. The number of hydrogen-bond acceptors (Lipinski definition) is 5. The summed E-state index contributed by atoms with van der Waals surface area (Å²) in [4.78, 5) is 27.3. The molecule has 4 rings (SSSR count). The van der Waals surface area contributed by atoms with Crippen LogP contribution < -0.4 is 5.56 Å². The van der Waals surface area contributed by atoms with Crippen molar-refractivity contribution in [1.29, 1.82) is 0 Å². The number of benzene rings is 1. The third kappa shape index (κ3) is 1.80. The van der Waals surface area contributed by atoms with Crippen LogP contribution >= 0.6 is 0 Å². The zero-order valence-corrected chi connectivity index (χ0v) is 11.1. The summed E-state index contributed by atoms with van der Waals surface area (Å²) in [7, 11) is 0. The zero-order valence-electron chi connectivity index (χ0n) is 11.1. The molecule has 3 heterocycles. The number of H-pyrrole nitrogens is 1. The van der Waals surface area contributed by atoms with Crippen molar-refractivity contribution in [2.45, 2.75) is 6.92 Å². The Morgan fingerprint density at radius 3 is 2.90 bits per heavy atom. The predicted octanol–water partition coefficient (Wildman–Crippen LogP) is 2.43. The van der Waals surface area contributed by atoms with Crippen molar-refractivity contribution in [3.8, 4) is 11.3 Å². The van der Waals surface area contributed by atoms with Crippen LogP contribution in [0.3, 0.4) is 0 Å². The molecule has 0 aliphatic carbocycles. The van der Waals surface area contributed by atoms with Gasteiger partial charge in [0.1, 0.15) is 5.52 Å². The molecule has 6 nitrogen and oxygen atoms in total. The Morgan fingerprint density at radius 2 is 2.00 bits per heavy atom. The number of aryl methyl sites for hydroxylation is 1. The SMILES string of the molecule is Cc1nc2c(-c3ccc4nc[nH]c(=O)c4n3)cccc2o1. The lowest BCUT2D eigenvalue weighted by Crippen LogP contribution is -2.08. The largest absolute Gasteiger partial charge is 0.441 e. The molecule has 0 aliphatic rings. The number of oxazole rings is 1. The quantitative estimate of drug-likeness (QED) is 0.578. The highest BCUT2D eigenvalue weighted by atomic mass is 16.3. The Balaban J connectivity index is 2.04. The lowest BCUT2D eigenvalue weighted by molar-refractivity contribution is 0.561. The average molecular weight is 278 g/mol. The van der Waals surface area contributed by atoms with Crippen molar-refractivity contribution in [3.05, 3.63) is 52.9 Å². The van der Waals surface area contributed by atoms with Crippen molar-refractivity contribution >= 4 is 22.1 Å². The summed E-state index contributed by atoms with van der Waals surface area (Å²) < 4.78 is 5.52. The number of nitrogens with one attached hydrogen (secondary N) is 1. The van der Waals surface area contributed by atoms with Crippen molar-refractivity contribution in [3.63, 3.8) is 0 Å². The van der Waals surface area contributed by atoms with Gasteiger partial charge in [0.05, 0.1) is 17.5 Å². The van der Waals surface area contributed by atoms with E-state index in [1.165, 1.54) is 6.33 Å². The standard InChI is InChI=1S/C15H10N4O2/c1-8-18-13-9(3-2-4-12(13)21-8)10-5-6-11-14(19-10)15(20)17-7-16-11/h2-7H,1H3,(H,16,17,20). The van der Waals surface area contributed by atoms with Gasteiger partial charge in [0, 0.05) is 12.5 Å². The normalized spacial score (nSPS) is 11.3. The summed E-state index contributed by atoms with van der Waals surface area (Å²) in [6, 6.07) is 9.24. The number of para-hydroxylation sites is 1. The van der Waals surface area contributed by atoms with E-state index in [0.29, 0.717) is 28.2 Å². The minimum absolute atomic E-state index is 0.259. The fraction of sp³-hybridized carbons (Fsp3) is 0.0667. The van der Waals surface area contributed by atoms with Crippen LogP contribution in [0.5, 0.6) is 0 Å². The first-order valence-electron chi connectivity index (χ1n) is 6.43. The van der Waals surface area contributed by atoms with Gasteiger partial charge in [0.2, 0.25) is 0 Å². The van der Waals surface area contributed by atoms with Gasteiger partial charge in [0.25, 0.3) is 5.56 Å². The third-order valence-electron chi connectivity index (χ3n) is 3.29. The molecule has 0 unspecified atom stereocenters. The molecule has 4 aromatic rings. The van der Waals surface area contributed by atoms with Crippen molar-refractivity contribution in [1.82, 2.24) is 19.9 Å². The average Bonchev–Trinajstić information content (AvgIpc) is 2.87. The van der Waals surface area contributed by atoms with E-state index >= 15 is 0 Å². The van der Waals surface area contributed by atoms with Crippen LogP contribution in [-0.4, -0.2) is 19.9 Å². The maximum Gasteiger partial charge on any atom is 0.277 e. The summed E-state index contributed by atoms with van der Waals surface area (Å²) in [6.07, 6.45) is 1.37. The smallest absolute Gasteiger partial charge is 0.277 e. The Morgan fingerprint density at radius 1 is 1.10 bits per heavy atom. The van der Waals surface area contributed by atoms with Crippen LogP contribution in [0.2, 0.25) is 0 Å². The van der Waals surface area contributed by atoms with E-state index in [2.05, 4.69) is 19.9 Å². The van der Waals surface area contributed by atoms with Crippen LogP contribution in [0.25, 0.3) is 33.4 Å². The van der Waals surface area contributed by atoms with Gasteiger partial charge in [-0.25, -0.2) is 15.0 Å². The topological polar surface area (TPSA) is 84.7 Å². The van der Waals surface area contributed by atoms with Gasteiger partial charge >= 0.3 is 0 Å². The Hall–Kier alpha value is -3.02. The minimum atomic E-state index is -0.259. The van der Waals surface area contributed by atoms with Crippen LogP contribution in [0.1, 0.15) is 5.89 Å². The summed E-state index contributed by atoms with van der Waals surface area (Å²) in [5.74, 6) is 0.595. The second-order valence-corrected chi connectivity index (χ2v) is 4.68. The number of aromatic amines is 1. The Kier molecular flexibility index (Phi) is 2.38. The van der Waals surface area contributed by atoms with E-state index < -0.39 is 0 Å². The second kappa shape index (κ2) is 4.24. The predicted molar refractivity (Wildman–Crippen MR) is 77.9 cm³/mol. The van der Waals surface area contributed by atoms with E-state index in [0.717, 1.165) is 11.1 Å². The zero-order chi connectivity index (χ0) is 14.4.